The van der Waals surface area contributed by atoms with Gasteiger partial charge in [0.05, 0.1) is 17.7 Å². The number of hydrogen-bond acceptors (Lipinski definition) is 10. The van der Waals surface area contributed by atoms with Crippen molar-refractivity contribution in [2.45, 2.75) is 158 Å². The lowest BCUT2D eigenvalue weighted by atomic mass is 9.72. The van der Waals surface area contributed by atoms with Crippen LogP contribution in [0.4, 0.5) is 4.79 Å². The number of aliphatic hydroxyl groups is 1. The second-order valence-electron chi connectivity index (χ2n) is 22.2. The second kappa shape index (κ2) is 22.1. The largest absolute Gasteiger partial charge is 0.511 e. The maximum Gasteiger partial charge on any atom is 0.407 e. The Hall–Kier alpha value is -5.39. The number of hydrogen-bond donors (Lipinski definition) is 2. The van der Waals surface area contributed by atoms with E-state index in [1.54, 1.807) is 25.7 Å². The quantitative estimate of drug-likeness (QED) is 0.0603. The first-order valence-electron chi connectivity index (χ1n) is 24.2. The number of nitrogens with zero attached hydrogens (tertiary/aromatic N) is 2. The molecular weight excluding hydrogens is 847 g/mol. The summed E-state index contributed by atoms with van der Waals surface area (Å²) in [6.07, 6.45) is 1.89. The predicted octanol–water partition coefficient (Wildman–Crippen LogP) is 10.6. The van der Waals surface area contributed by atoms with Crippen molar-refractivity contribution in [2.75, 3.05) is 26.2 Å². The van der Waals surface area contributed by atoms with Gasteiger partial charge in [-0.15, -0.1) is 0 Å². The van der Waals surface area contributed by atoms with Crippen LogP contribution in [0.15, 0.2) is 76.0 Å². The highest BCUT2D eigenvalue weighted by Crippen LogP contribution is 2.45. The van der Waals surface area contributed by atoms with E-state index in [9.17, 15) is 33.9 Å². The number of aliphatic imine (C=N–C) groups is 1. The average molecular weight is 922 g/mol. The fraction of sp³-hybridized carbons (Fsp3) is 0.582. The van der Waals surface area contributed by atoms with Crippen LogP contribution in [0.3, 0.4) is 0 Å². The minimum absolute atomic E-state index is 0.0176. The SMILES string of the molecule is CC(C)CC(=NCCN(CCCC(CC(C)C)=C1C(=O)CC(C)(C)CC1=O)C(=O)C(CCC(=O)OC(C)(C)C)NC(=O)OCC1c2ccccc2-c2ccccc21)C1=C(O)CC(C)(C)CC1=O. The lowest BCUT2D eigenvalue weighted by Crippen LogP contribution is -2.50. The molecule has 0 bridgehead atoms. The van der Waals surface area contributed by atoms with E-state index in [0.717, 1.165) is 27.8 Å². The first kappa shape index (κ1) is 52.6. The maximum atomic E-state index is 15.0. The molecule has 1 saturated carbocycles. The number of carbonyl (C=O) groups is 6. The lowest BCUT2D eigenvalue weighted by Gasteiger charge is -2.31. The van der Waals surface area contributed by atoms with Crippen molar-refractivity contribution in [3.05, 3.63) is 82.1 Å². The van der Waals surface area contributed by atoms with E-state index in [1.165, 1.54) is 0 Å². The van der Waals surface area contributed by atoms with Crippen molar-refractivity contribution >= 4 is 41.0 Å². The van der Waals surface area contributed by atoms with E-state index in [1.807, 2.05) is 104 Å². The summed E-state index contributed by atoms with van der Waals surface area (Å²) in [5.41, 5.74) is 4.43. The van der Waals surface area contributed by atoms with E-state index in [0.29, 0.717) is 37.8 Å². The van der Waals surface area contributed by atoms with Crippen LogP contribution in [0.5, 0.6) is 0 Å². The number of amides is 2. The topological polar surface area (TPSA) is 169 Å². The molecular formula is C55H75N3O9. The van der Waals surface area contributed by atoms with Crippen LogP contribution in [0.1, 0.15) is 157 Å². The molecule has 0 heterocycles. The average Bonchev–Trinajstić information content (AvgIpc) is 3.51. The molecule has 0 spiro atoms. The zero-order chi connectivity index (χ0) is 49.4. The van der Waals surface area contributed by atoms with Crippen molar-refractivity contribution in [1.29, 1.82) is 0 Å². The number of allylic oxidation sites excluding steroid dienone is 4. The summed E-state index contributed by atoms with van der Waals surface area (Å²) < 4.78 is 11.5. The number of rotatable bonds is 19. The molecule has 2 N–H and O–H groups in total. The summed E-state index contributed by atoms with van der Waals surface area (Å²) in [5.74, 6) is -1.39. The van der Waals surface area contributed by atoms with Gasteiger partial charge in [0.2, 0.25) is 5.91 Å². The smallest absolute Gasteiger partial charge is 0.407 e. The number of carbonyl (C=O) groups excluding carboxylic acids is 6. The molecule has 3 aliphatic rings. The molecule has 2 amide bonds. The third kappa shape index (κ3) is 14.6. The van der Waals surface area contributed by atoms with Crippen LogP contribution < -0.4 is 5.32 Å². The summed E-state index contributed by atoms with van der Waals surface area (Å²) in [6, 6.07) is 14.8. The zero-order valence-electron chi connectivity index (χ0n) is 41.9. The van der Waals surface area contributed by atoms with Crippen molar-refractivity contribution in [1.82, 2.24) is 10.2 Å². The predicted molar refractivity (Wildman–Crippen MR) is 262 cm³/mol. The highest BCUT2D eigenvalue weighted by molar-refractivity contribution is 6.23. The normalized spacial score (nSPS) is 17.7. The molecule has 0 radical (unpaired) electrons. The number of benzene rings is 2. The Balaban J connectivity index is 1.45. The Morgan fingerprint density at radius 3 is 1.90 bits per heavy atom. The van der Waals surface area contributed by atoms with Crippen LogP contribution in [-0.2, 0) is 33.4 Å². The zero-order valence-corrected chi connectivity index (χ0v) is 41.9. The molecule has 12 heteroatoms. The monoisotopic (exact) mass is 922 g/mol. The third-order valence-corrected chi connectivity index (χ3v) is 12.5. The van der Waals surface area contributed by atoms with Crippen molar-refractivity contribution in [3.63, 3.8) is 0 Å². The van der Waals surface area contributed by atoms with Gasteiger partial charge in [-0.25, -0.2) is 4.79 Å². The van der Waals surface area contributed by atoms with Crippen LogP contribution >= 0.6 is 0 Å². The number of ketones is 3. The molecule has 0 saturated heterocycles. The Kier molecular flexibility index (Phi) is 17.4. The molecule has 3 aliphatic carbocycles. The molecule has 2 aromatic carbocycles. The molecule has 12 nitrogen and oxygen atoms in total. The van der Waals surface area contributed by atoms with Crippen LogP contribution in [0.2, 0.25) is 0 Å². The number of Topliss-reactive ketones (excluding diaryl/α,β-unsaturated/α-hetero) is 3. The second-order valence-corrected chi connectivity index (χ2v) is 22.2. The number of esters is 1. The summed E-state index contributed by atoms with van der Waals surface area (Å²) in [4.78, 5) is 88.9. The Morgan fingerprint density at radius 1 is 0.791 bits per heavy atom. The maximum absolute atomic E-state index is 15.0. The van der Waals surface area contributed by atoms with Gasteiger partial charge in [-0.1, -0.05) is 109 Å². The van der Waals surface area contributed by atoms with Gasteiger partial charge in [-0.2, -0.15) is 0 Å². The third-order valence-electron chi connectivity index (χ3n) is 12.5. The minimum atomic E-state index is -1.20. The molecule has 1 atom stereocenters. The van der Waals surface area contributed by atoms with Crippen LogP contribution in [-0.4, -0.2) is 88.9 Å². The van der Waals surface area contributed by atoms with Gasteiger partial charge in [0.25, 0.3) is 0 Å². The van der Waals surface area contributed by atoms with Crippen LogP contribution in [0.25, 0.3) is 11.1 Å². The van der Waals surface area contributed by atoms with Crippen molar-refractivity contribution in [3.8, 4) is 11.1 Å². The van der Waals surface area contributed by atoms with Gasteiger partial charge in [0.1, 0.15) is 24.0 Å². The van der Waals surface area contributed by atoms with Gasteiger partial charge in [-0.05, 0) is 97.8 Å². The standard InChI is InChI=1S/C55H75N3O9/c1-34(2)27-36(49-44(59)29-54(8,9)30-45(49)60)17-16-25-58(26-24-56-43(28-35(3)4)50-46(61)31-55(10,11)32-47(50)62)51(64)42(22-23-48(63)67-53(5,6)7)57-52(65)66-33-41-39-20-14-12-18-37(39)38-19-13-15-21-40(38)41/h12-15,18-21,34-35,41-42,61H,16-17,22-33H2,1-11H3,(H,57,65). The Bertz CT molecular complexity index is 2220. The molecule has 2 aromatic rings. The van der Waals surface area contributed by atoms with Crippen molar-refractivity contribution in [2.24, 2.45) is 27.7 Å². The summed E-state index contributed by atoms with van der Waals surface area (Å²) in [7, 11) is 0. The van der Waals surface area contributed by atoms with Gasteiger partial charge in [0.15, 0.2) is 17.3 Å². The first-order valence-corrected chi connectivity index (χ1v) is 24.2. The molecule has 0 aromatic heterocycles. The van der Waals surface area contributed by atoms with E-state index in [2.05, 4.69) is 5.32 Å². The number of ether oxygens (including phenoxy) is 2. The number of fused-ring (bicyclic) bond motifs is 3. The molecule has 67 heavy (non-hydrogen) atoms. The van der Waals surface area contributed by atoms with Gasteiger partial charge in [-0.3, -0.25) is 29.0 Å². The van der Waals surface area contributed by atoms with E-state index < -0.39 is 40.4 Å². The Morgan fingerprint density at radius 2 is 1.34 bits per heavy atom. The number of aliphatic hydroxyl groups excluding tert-OH is 1. The van der Waals surface area contributed by atoms with Gasteiger partial charge >= 0.3 is 12.1 Å². The highest BCUT2D eigenvalue weighted by Gasteiger charge is 2.38. The number of alkyl carbamates (subject to hydrolysis) is 1. The van der Waals surface area contributed by atoms with Crippen molar-refractivity contribution < 1.29 is 43.3 Å². The van der Waals surface area contributed by atoms with E-state index in [-0.39, 0.29) is 110 Å². The van der Waals surface area contributed by atoms with Gasteiger partial charge in [0, 0.05) is 56.8 Å². The molecule has 5 rings (SSSR count). The number of nitrogens with one attached hydrogen (secondary N) is 1. The summed E-state index contributed by atoms with van der Waals surface area (Å²) in [5, 5.41) is 14.0. The van der Waals surface area contributed by atoms with E-state index >= 15 is 0 Å². The molecule has 1 fully saturated rings. The fourth-order valence-electron chi connectivity index (χ4n) is 9.76. The Labute approximate surface area is 398 Å². The van der Waals surface area contributed by atoms with Crippen LogP contribution in [0, 0.1) is 22.7 Å². The van der Waals surface area contributed by atoms with E-state index in [4.69, 9.17) is 14.5 Å². The lowest BCUT2D eigenvalue weighted by molar-refractivity contribution is -0.155. The minimum Gasteiger partial charge on any atom is -0.511 e. The van der Waals surface area contributed by atoms with Gasteiger partial charge < -0.3 is 24.8 Å². The summed E-state index contributed by atoms with van der Waals surface area (Å²) in [6.45, 7) is 21.5. The summed E-state index contributed by atoms with van der Waals surface area (Å²) >= 11 is 0. The first-order chi connectivity index (χ1) is 31.3. The molecule has 0 aliphatic heterocycles. The molecule has 1 unspecified atom stereocenters. The highest BCUT2D eigenvalue weighted by atomic mass is 16.6. The fourth-order valence-corrected chi connectivity index (χ4v) is 9.76. The molecule has 364 valence electrons.